The molecule has 1 fully saturated rings. The third kappa shape index (κ3) is 6.73. The number of hydrogen-bond acceptors (Lipinski definition) is 4. The molecule has 1 heterocycles. The number of ether oxygens (including phenoxy) is 2. The molecule has 28 heavy (non-hydrogen) atoms. The molecule has 1 aromatic carbocycles. The van der Waals surface area contributed by atoms with E-state index in [0.29, 0.717) is 25.9 Å². The molecule has 1 atom stereocenters. The van der Waals surface area contributed by atoms with Gasteiger partial charge in [0.05, 0.1) is 12.1 Å². The summed E-state index contributed by atoms with van der Waals surface area (Å²) in [4.78, 5) is 26.5. The normalized spacial score (nSPS) is 16.6. The second kappa shape index (κ2) is 9.30. The summed E-state index contributed by atoms with van der Waals surface area (Å²) < 4.78 is 11.1. The van der Waals surface area contributed by atoms with Crippen LogP contribution in [0, 0.1) is 5.92 Å². The Morgan fingerprint density at radius 3 is 2.14 bits per heavy atom. The van der Waals surface area contributed by atoms with E-state index in [4.69, 9.17) is 9.47 Å². The molecule has 2 amide bonds. The van der Waals surface area contributed by atoms with Crippen molar-refractivity contribution in [1.29, 1.82) is 0 Å². The van der Waals surface area contributed by atoms with Gasteiger partial charge in [0.25, 0.3) is 0 Å². The lowest BCUT2D eigenvalue weighted by Crippen LogP contribution is -2.45. The van der Waals surface area contributed by atoms with Crippen molar-refractivity contribution in [2.45, 2.75) is 72.1 Å². The highest BCUT2D eigenvalue weighted by atomic mass is 16.6. The maximum absolute atomic E-state index is 12.6. The van der Waals surface area contributed by atoms with Crippen LogP contribution in [-0.4, -0.2) is 41.7 Å². The molecule has 1 unspecified atom stereocenters. The molecule has 6 heteroatoms. The van der Waals surface area contributed by atoms with Gasteiger partial charge >= 0.3 is 6.09 Å². The molecule has 0 aliphatic carbocycles. The highest BCUT2D eigenvalue weighted by molar-refractivity contribution is 5.79. The summed E-state index contributed by atoms with van der Waals surface area (Å²) in [5, 5.41) is 3.09. The van der Waals surface area contributed by atoms with E-state index in [1.54, 1.807) is 4.90 Å². The van der Waals surface area contributed by atoms with Gasteiger partial charge in [-0.3, -0.25) is 4.79 Å². The molecule has 1 aliphatic heterocycles. The number of carbonyl (C=O) groups excluding carboxylic acids is 2. The molecule has 1 N–H and O–H groups in total. The Kier molecular flexibility index (Phi) is 7.33. The smallest absolute Gasteiger partial charge is 0.410 e. The topological polar surface area (TPSA) is 67.9 Å². The van der Waals surface area contributed by atoms with Gasteiger partial charge in [-0.05, 0) is 72.1 Å². The number of rotatable bonds is 5. The molecule has 1 aromatic rings. The number of benzene rings is 1. The Bertz CT molecular complexity index is 656. The average Bonchev–Trinajstić information content (AvgIpc) is 2.60. The van der Waals surface area contributed by atoms with Crippen LogP contribution in [0.15, 0.2) is 24.3 Å². The summed E-state index contributed by atoms with van der Waals surface area (Å²) in [6.45, 7) is 12.6. The molecule has 6 nitrogen and oxygen atoms in total. The lowest BCUT2D eigenvalue weighted by Gasteiger charge is -2.33. The second-order valence-electron chi connectivity index (χ2n) is 8.71. The summed E-state index contributed by atoms with van der Waals surface area (Å²) in [7, 11) is 0. The molecule has 2 rings (SSSR count). The predicted octanol–water partition coefficient (Wildman–Crippen LogP) is 4.30. The van der Waals surface area contributed by atoms with Crippen molar-refractivity contribution in [3.05, 3.63) is 29.8 Å². The molecule has 0 radical (unpaired) electrons. The first kappa shape index (κ1) is 22.1. The van der Waals surface area contributed by atoms with E-state index in [1.165, 1.54) is 0 Å². The standard InChI is InChI=1S/C22H34N2O4/c1-15(2)27-19-9-7-17(8-10-19)16(3)23-20(25)18-11-13-24(14-12-18)21(26)28-22(4,5)6/h7-10,15-16,18H,11-14H2,1-6H3,(H,23,25). The Morgan fingerprint density at radius 2 is 1.64 bits per heavy atom. The van der Waals surface area contributed by atoms with Crippen LogP contribution < -0.4 is 10.1 Å². The molecule has 156 valence electrons. The van der Waals surface area contributed by atoms with Crippen LogP contribution in [0.3, 0.4) is 0 Å². The Hall–Kier alpha value is -2.24. The Labute approximate surface area is 168 Å². The third-order valence-corrected chi connectivity index (χ3v) is 4.63. The zero-order valence-electron chi connectivity index (χ0n) is 18.0. The Morgan fingerprint density at radius 1 is 1.07 bits per heavy atom. The van der Waals surface area contributed by atoms with Gasteiger partial charge in [-0.25, -0.2) is 4.79 Å². The number of carbonyl (C=O) groups is 2. The van der Waals surface area contributed by atoms with E-state index in [9.17, 15) is 9.59 Å². The van der Waals surface area contributed by atoms with Crippen LogP contribution in [0.4, 0.5) is 4.79 Å². The summed E-state index contributed by atoms with van der Waals surface area (Å²) >= 11 is 0. The zero-order chi connectivity index (χ0) is 20.9. The van der Waals surface area contributed by atoms with Gasteiger partial charge in [-0.1, -0.05) is 12.1 Å². The number of amides is 2. The fraction of sp³-hybridized carbons (Fsp3) is 0.636. The van der Waals surface area contributed by atoms with Crippen molar-refractivity contribution >= 4 is 12.0 Å². The maximum Gasteiger partial charge on any atom is 0.410 e. The summed E-state index contributed by atoms with van der Waals surface area (Å²) in [5.41, 5.74) is 0.534. The Balaban J connectivity index is 1.82. The number of nitrogens with zero attached hydrogens (tertiary/aromatic N) is 1. The van der Waals surface area contributed by atoms with E-state index in [1.807, 2.05) is 65.8 Å². The number of hydrogen-bond donors (Lipinski definition) is 1. The van der Waals surface area contributed by atoms with Crippen LogP contribution in [0.25, 0.3) is 0 Å². The fourth-order valence-corrected chi connectivity index (χ4v) is 3.17. The van der Waals surface area contributed by atoms with Gasteiger partial charge < -0.3 is 19.7 Å². The first-order chi connectivity index (χ1) is 13.0. The molecular formula is C22H34N2O4. The van der Waals surface area contributed by atoms with Crippen LogP contribution >= 0.6 is 0 Å². The molecule has 0 spiro atoms. The van der Waals surface area contributed by atoms with Gasteiger partial charge in [0.15, 0.2) is 0 Å². The molecule has 1 saturated heterocycles. The van der Waals surface area contributed by atoms with Crippen LogP contribution in [-0.2, 0) is 9.53 Å². The minimum atomic E-state index is -0.503. The molecule has 0 saturated carbocycles. The van der Waals surface area contributed by atoms with Gasteiger partial charge in [0, 0.05) is 19.0 Å². The highest BCUT2D eigenvalue weighted by Gasteiger charge is 2.30. The lowest BCUT2D eigenvalue weighted by molar-refractivity contribution is -0.127. The SMILES string of the molecule is CC(C)Oc1ccc(C(C)NC(=O)C2CCN(C(=O)OC(C)(C)C)CC2)cc1. The molecule has 0 aromatic heterocycles. The van der Waals surface area contributed by atoms with Gasteiger partial charge in [0.2, 0.25) is 5.91 Å². The first-order valence-corrected chi connectivity index (χ1v) is 10.1. The minimum absolute atomic E-state index is 0.0406. The van der Waals surface area contributed by atoms with Crippen LogP contribution in [0.2, 0.25) is 0 Å². The van der Waals surface area contributed by atoms with Crippen LogP contribution in [0.5, 0.6) is 5.75 Å². The van der Waals surface area contributed by atoms with E-state index < -0.39 is 5.60 Å². The highest BCUT2D eigenvalue weighted by Crippen LogP contribution is 2.22. The van der Waals surface area contributed by atoms with Gasteiger partial charge in [0.1, 0.15) is 11.4 Å². The van der Waals surface area contributed by atoms with Crippen molar-refractivity contribution in [2.24, 2.45) is 5.92 Å². The monoisotopic (exact) mass is 390 g/mol. The van der Waals surface area contributed by atoms with E-state index in [0.717, 1.165) is 11.3 Å². The summed E-state index contributed by atoms with van der Waals surface area (Å²) in [6.07, 6.45) is 1.13. The predicted molar refractivity (Wildman–Crippen MR) is 109 cm³/mol. The molecule has 1 aliphatic rings. The van der Waals surface area contributed by atoms with Crippen LogP contribution in [0.1, 0.15) is 66.0 Å². The van der Waals surface area contributed by atoms with E-state index in [-0.39, 0.29) is 30.1 Å². The van der Waals surface area contributed by atoms with Crippen molar-refractivity contribution in [2.75, 3.05) is 13.1 Å². The molecular weight excluding hydrogens is 356 g/mol. The zero-order valence-corrected chi connectivity index (χ0v) is 18.0. The summed E-state index contributed by atoms with van der Waals surface area (Å²) in [5.74, 6) is 0.787. The van der Waals surface area contributed by atoms with Gasteiger partial charge in [-0.15, -0.1) is 0 Å². The molecule has 0 bridgehead atoms. The van der Waals surface area contributed by atoms with Crippen molar-refractivity contribution in [3.63, 3.8) is 0 Å². The largest absolute Gasteiger partial charge is 0.491 e. The van der Waals surface area contributed by atoms with E-state index >= 15 is 0 Å². The maximum atomic E-state index is 12.6. The van der Waals surface area contributed by atoms with E-state index in [2.05, 4.69) is 5.32 Å². The number of likely N-dealkylation sites (tertiary alicyclic amines) is 1. The lowest BCUT2D eigenvalue weighted by atomic mass is 9.95. The number of nitrogens with one attached hydrogen (secondary N) is 1. The summed E-state index contributed by atoms with van der Waals surface area (Å²) in [6, 6.07) is 7.74. The fourth-order valence-electron chi connectivity index (χ4n) is 3.17. The number of piperidine rings is 1. The van der Waals surface area contributed by atoms with Crippen molar-refractivity contribution in [1.82, 2.24) is 10.2 Å². The minimum Gasteiger partial charge on any atom is -0.491 e. The second-order valence-corrected chi connectivity index (χ2v) is 8.71. The van der Waals surface area contributed by atoms with Crippen molar-refractivity contribution < 1.29 is 19.1 Å². The third-order valence-electron chi connectivity index (χ3n) is 4.63. The quantitative estimate of drug-likeness (QED) is 0.814. The first-order valence-electron chi connectivity index (χ1n) is 10.1. The average molecular weight is 391 g/mol. The van der Waals surface area contributed by atoms with Gasteiger partial charge in [-0.2, -0.15) is 0 Å². The van der Waals surface area contributed by atoms with Crippen molar-refractivity contribution in [3.8, 4) is 5.75 Å².